The van der Waals surface area contributed by atoms with Gasteiger partial charge in [-0.1, -0.05) is 30.3 Å². The molecular weight excluding hydrogens is 418 g/mol. The van der Waals surface area contributed by atoms with E-state index in [1.165, 1.54) is 12.4 Å². The molecule has 5 rings (SSSR count). The van der Waals surface area contributed by atoms with Crippen molar-refractivity contribution in [1.29, 1.82) is 0 Å². The van der Waals surface area contributed by atoms with Crippen LogP contribution in [-0.4, -0.2) is 21.0 Å². The number of benzene rings is 3. The van der Waals surface area contributed by atoms with Gasteiger partial charge in [-0.3, -0.25) is 0 Å². The lowest BCUT2D eigenvalue weighted by Crippen LogP contribution is -1.97. The number of nitrogens with one attached hydrogen (secondary N) is 1. The molecule has 0 saturated heterocycles. The van der Waals surface area contributed by atoms with Gasteiger partial charge in [0.25, 0.3) is 0 Å². The average Bonchev–Trinajstić information content (AvgIpc) is 3.35. The third-order valence-corrected chi connectivity index (χ3v) is 5.10. The van der Waals surface area contributed by atoms with Crippen LogP contribution in [0.1, 0.15) is 16.1 Å². The van der Waals surface area contributed by atoms with Crippen molar-refractivity contribution in [2.24, 2.45) is 0 Å². The molecule has 3 aromatic carbocycles. The largest absolute Gasteiger partial charge is 0.489 e. The van der Waals surface area contributed by atoms with E-state index >= 15 is 0 Å². The minimum absolute atomic E-state index is 0.109. The molecule has 0 aliphatic carbocycles. The van der Waals surface area contributed by atoms with Crippen molar-refractivity contribution in [2.45, 2.75) is 6.61 Å². The Labute approximate surface area is 189 Å². The zero-order chi connectivity index (χ0) is 22.6. The molecule has 0 radical (unpaired) electrons. The van der Waals surface area contributed by atoms with Gasteiger partial charge in [-0.05, 0) is 60.2 Å². The predicted octanol–water partition coefficient (Wildman–Crippen LogP) is 5.91. The number of fused-ring (bicyclic) bond motifs is 1. The van der Waals surface area contributed by atoms with Crippen molar-refractivity contribution in [2.75, 3.05) is 5.32 Å². The summed E-state index contributed by atoms with van der Waals surface area (Å²) in [5.74, 6) is 0.645. The van der Waals surface area contributed by atoms with Gasteiger partial charge in [-0.25, -0.2) is 14.8 Å². The van der Waals surface area contributed by atoms with Crippen LogP contribution in [-0.2, 0) is 6.61 Å². The number of carboxylic acids is 1. The average molecular weight is 437 g/mol. The number of aromatic carboxylic acids is 1. The van der Waals surface area contributed by atoms with Crippen LogP contribution >= 0.6 is 0 Å². The highest BCUT2D eigenvalue weighted by Crippen LogP contribution is 2.30. The number of carboxylic acid groups (broad SMARTS) is 1. The molecule has 0 spiro atoms. The summed E-state index contributed by atoms with van der Waals surface area (Å²) in [6.45, 7) is 0.503. The maximum atomic E-state index is 11.1. The smallest absolute Gasteiger partial charge is 0.371 e. The summed E-state index contributed by atoms with van der Waals surface area (Å²) >= 11 is 0. The monoisotopic (exact) mass is 437 g/mol. The fraction of sp³-hybridized carbons (Fsp3) is 0.0385. The zero-order valence-electron chi connectivity index (χ0n) is 17.4. The Morgan fingerprint density at radius 1 is 0.939 bits per heavy atom. The first kappa shape index (κ1) is 20.3. The normalized spacial score (nSPS) is 10.8. The van der Waals surface area contributed by atoms with Gasteiger partial charge in [0.1, 0.15) is 30.3 Å². The molecule has 33 heavy (non-hydrogen) atoms. The summed E-state index contributed by atoms with van der Waals surface area (Å²) < 4.78 is 11.3. The van der Waals surface area contributed by atoms with Crippen LogP contribution in [0.5, 0.6) is 5.75 Å². The van der Waals surface area contributed by atoms with Gasteiger partial charge in [-0.15, -0.1) is 0 Å². The van der Waals surface area contributed by atoms with Gasteiger partial charge in [0, 0.05) is 16.6 Å². The molecule has 162 valence electrons. The topological polar surface area (TPSA) is 97.5 Å². The van der Waals surface area contributed by atoms with Crippen LogP contribution in [0, 0.1) is 0 Å². The second-order valence-electron chi connectivity index (χ2n) is 7.35. The third-order valence-electron chi connectivity index (χ3n) is 5.10. The Balaban J connectivity index is 1.36. The van der Waals surface area contributed by atoms with Crippen LogP contribution in [0.15, 0.2) is 95.7 Å². The van der Waals surface area contributed by atoms with Crippen molar-refractivity contribution in [3.8, 4) is 17.1 Å². The molecule has 2 aromatic heterocycles. The number of anilines is 2. The first-order valence-corrected chi connectivity index (χ1v) is 10.3. The molecule has 0 unspecified atom stereocenters. The summed E-state index contributed by atoms with van der Waals surface area (Å²) in [5.41, 5.74) is 3.44. The Morgan fingerprint density at radius 2 is 1.76 bits per heavy atom. The lowest BCUT2D eigenvalue weighted by Gasteiger charge is -2.11. The maximum absolute atomic E-state index is 11.1. The van der Waals surface area contributed by atoms with Crippen molar-refractivity contribution in [1.82, 2.24) is 9.97 Å². The van der Waals surface area contributed by atoms with E-state index < -0.39 is 5.97 Å². The Hall–Kier alpha value is -4.65. The van der Waals surface area contributed by atoms with E-state index in [9.17, 15) is 4.79 Å². The van der Waals surface area contributed by atoms with Crippen molar-refractivity contribution in [3.63, 3.8) is 0 Å². The zero-order valence-corrected chi connectivity index (χ0v) is 17.4. The number of furan rings is 1. The van der Waals surface area contributed by atoms with Crippen LogP contribution in [0.4, 0.5) is 11.5 Å². The minimum Gasteiger partial charge on any atom is -0.489 e. The molecule has 2 N–H and O–H groups in total. The maximum Gasteiger partial charge on any atom is 0.371 e. The minimum atomic E-state index is -1.11. The number of rotatable bonds is 7. The standard InChI is InChI=1S/C26H19N3O4/c30-26(31)24-13-12-23(33-24)18-6-11-22-21(14-18)25(28-16-27-22)29-19-7-9-20(10-8-19)32-15-17-4-2-1-3-5-17/h1-14,16H,15H2,(H,30,31)(H,27,28,29). The predicted molar refractivity (Wildman–Crippen MR) is 125 cm³/mol. The van der Waals surface area contributed by atoms with E-state index in [-0.39, 0.29) is 5.76 Å². The molecule has 0 atom stereocenters. The summed E-state index contributed by atoms with van der Waals surface area (Å²) in [7, 11) is 0. The number of ether oxygens (including phenoxy) is 1. The Kier molecular flexibility index (Phi) is 5.43. The van der Waals surface area contributed by atoms with Crippen LogP contribution in [0.25, 0.3) is 22.2 Å². The van der Waals surface area contributed by atoms with Gasteiger partial charge in [0.2, 0.25) is 5.76 Å². The van der Waals surface area contributed by atoms with E-state index in [2.05, 4.69) is 15.3 Å². The summed E-state index contributed by atoms with van der Waals surface area (Å²) in [6, 6.07) is 26.3. The summed E-state index contributed by atoms with van der Waals surface area (Å²) in [6.07, 6.45) is 1.50. The number of hydrogen-bond acceptors (Lipinski definition) is 6. The highest BCUT2D eigenvalue weighted by Gasteiger charge is 2.12. The molecule has 7 nitrogen and oxygen atoms in total. The van der Waals surface area contributed by atoms with E-state index in [0.29, 0.717) is 18.2 Å². The Morgan fingerprint density at radius 3 is 2.52 bits per heavy atom. The highest BCUT2D eigenvalue weighted by molar-refractivity contribution is 5.93. The molecule has 7 heteroatoms. The van der Waals surface area contributed by atoms with Gasteiger partial charge in [-0.2, -0.15) is 0 Å². The lowest BCUT2D eigenvalue weighted by molar-refractivity contribution is 0.0663. The van der Waals surface area contributed by atoms with E-state index in [0.717, 1.165) is 33.5 Å². The fourth-order valence-electron chi connectivity index (χ4n) is 3.43. The van der Waals surface area contributed by atoms with E-state index in [1.807, 2.05) is 72.8 Å². The Bertz CT molecular complexity index is 1410. The molecular formula is C26H19N3O4. The summed E-state index contributed by atoms with van der Waals surface area (Å²) in [4.78, 5) is 19.8. The SMILES string of the molecule is O=C(O)c1ccc(-c2ccc3ncnc(Nc4ccc(OCc5ccccc5)cc4)c3c2)o1. The number of hydrogen-bond donors (Lipinski definition) is 2. The molecule has 0 aliphatic heterocycles. The van der Waals surface area contributed by atoms with Crippen molar-refractivity contribution < 1.29 is 19.1 Å². The molecule has 0 fully saturated rings. The fourth-order valence-corrected chi connectivity index (χ4v) is 3.43. The molecule has 5 aromatic rings. The molecule has 2 heterocycles. The van der Waals surface area contributed by atoms with Gasteiger partial charge < -0.3 is 19.6 Å². The molecule has 0 amide bonds. The highest BCUT2D eigenvalue weighted by atomic mass is 16.5. The van der Waals surface area contributed by atoms with Crippen molar-refractivity contribution in [3.05, 3.63) is 103 Å². The second kappa shape index (κ2) is 8.84. The van der Waals surface area contributed by atoms with Gasteiger partial charge >= 0.3 is 5.97 Å². The van der Waals surface area contributed by atoms with Gasteiger partial charge in [0.05, 0.1) is 5.52 Å². The van der Waals surface area contributed by atoms with E-state index in [1.54, 1.807) is 6.07 Å². The molecule has 0 saturated carbocycles. The first-order chi connectivity index (χ1) is 16.2. The molecule has 0 bridgehead atoms. The first-order valence-electron chi connectivity index (χ1n) is 10.3. The van der Waals surface area contributed by atoms with E-state index in [4.69, 9.17) is 14.3 Å². The van der Waals surface area contributed by atoms with Gasteiger partial charge in [0.15, 0.2) is 0 Å². The number of carbonyl (C=O) groups is 1. The number of nitrogens with zero attached hydrogens (tertiary/aromatic N) is 2. The van der Waals surface area contributed by atoms with Crippen molar-refractivity contribution >= 4 is 28.4 Å². The lowest BCUT2D eigenvalue weighted by atomic mass is 10.1. The third kappa shape index (κ3) is 4.52. The van der Waals surface area contributed by atoms with Crippen LogP contribution in [0.2, 0.25) is 0 Å². The summed E-state index contributed by atoms with van der Waals surface area (Å²) in [5, 5.41) is 13.2. The van der Waals surface area contributed by atoms with Crippen LogP contribution in [0.3, 0.4) is 0 Å². The second-order valence-corrected chi connectivity index (χ2v) is 7.35. The number of aromatic nitrogens is 2. The molecule has 0 aliphatic rings. The quantitative estimate of drug-likeness (QED) is 0.327. The van der Waals surface area contributed by atoms with Crippen LogP contribution < -0.4 is 10.1 Å².